The number of ketones is 1. The minimum atomic E-state index is -1.10. The van der Waals surface area contributed by atoms with E-state index >= 15 is 0 Å². The first kappa shape index (κ1) is 20.4. The number of hydrogen-bond acceptors (Lipinski definition) is 8. The summed E-state index contributed by atoms with van der Waals surface area (Å²) in [6.07, 6.45) is 0.291. The summed E-state index contributed by atoms with van der Waals surface area (Å²) in [4.78, 5) is 26.8. The van der Waals surface area contributed by atoms with Crippen molar-refractivity contribution in [2.75, 3.05) is 12.4 Å². The molecule has 0 amide bonds. The van der Waals surface area contributed by atoms with Crippen molar-refractivity contribution >= 4 is 45.7 Å². The smallest absolute Gasteiger partial charge is 0.209 e. The highest BCUT2D eigenvalue weighted by atomic mass is 35.5. The van der Waals surface area contributed by atoms with Gasteiger partial charge in [-0.05, 0) is 36.3 Å². The van der Waals surface area contributed by atoms with E-state index < -0.39 is 23.7 Å². The van der Waals surface area contributed by atoms with E-state index in [4.69, 9.17) is 11.6 Å². The molecule has 3 heterocycles. The third-order valence-electron chi connectivity index (χ3n) is 6.36. The summed E-state index contributed by atoms with van der Waals surface area (Å²) in [7, 11) is 1.73. The average Bonchev–Trinajstić information content (AvgIpc) is 3.02. The second-order valence-corrected chi connectivity index (χ2v) is 9.59. The monoisotopic (exact) mass is 457 g/mol. The first-order valence-electron chi connectivity index (χ1n) is 9.99. The van der Waals surface area contributed by atoms with Crippen LogP contribution in [0.3, 0.4) is 0 Å². The number of thiophene rings is 1. The molecule has 2 saturated carbocycles. The first-order chi connectivity index (χ1) is 14.9. The number of nitrogens with zero attached hydrogens (tertiary/aromatic N) is 4. The molecule has 5 atom stereocenters. The number of aliphatic hydroxyl groups excluding tert-OH is 2. The van der Waals surface area contributed by atoms with Gasteiger partial charge in [0.1, 0.15) is 11.9 Å². The number of fused-ring (bicyclic) bond motifs is 2. The van der Waals surface area contributed by atoms with Gasteiger partial charge in [0.15, 0.2) is 17.0 Å². The van der Waals surface area contributed by atoms with Gasteiger partial charge in [0.2, 0.25) is 5.82 Å². The summed E-state index contributed by atoms with van der Waals surface area (Å²) in [5.41, 5.74) is 0.166. The molecule has 8 nitrogen and oxygen atoms in total. The number of aliphatic hydroxyl groups is 2. The molecule has 2 fully saturated rings. The van der Waals surface area contributed by atoms with Crippen molar-refractivity contribution in [2.45, 2.75) is 38.0 Å². The van der Waals surface area contributed by atoms with Crippen LogP contribution in [-0.2, 0) is 4.79 Å². The number of imidazole rings is 1. The fraction of sp³-hybridized carbons (Fsp3) is 0.429. The Morgan fingerprint density at radius 3 is 2.87 bits per heavy atom. The summed E-state index contributed by atoms with van der Waals surface area (Å²) < 4.78 is 2.40. The number of halogens is 1. The average molecular weight is 458 g/mol. The summed E-state index contributed by atoms with van der Waals surface area (Å²) in [5, 5.41) is 24.5. The molecule has 0 aromatic carbocycles. The fourth-order valence-electron chi connectivity index (χ4n) is 4.84. The lowest BCUT2D eigenvalue weighted by Crippen LogP contribution is -2.37. The Balaban J connectivity index is 1.58. The van der Waals surface area contributed by atoms with Crippen molar-refractivity contribution in [1.29, 1.82) is 0 Å². The Morgan fingerprint density at radius 1 is 1.39 bits per heavy atom. The Kier molecular flexibility index (Phi) is 4.79. The largest absolute Gasteiger partial charge is 0.389 e. The van der Waals surface area contributed by atoms with Crippen LogP contribution in [0.25, 0.3) is 11.2 Å². The highest BCUT2D eigenvalue weighted by molar-refractivity contribution is 7.16. The highest BCUT2D eigenvalue weighted by Crippen LogP contribution is 2.68. The Labute approximate surface area is 187 Å². The van der Waals surface area contributed by atoms with Crippen molar-refractivity contribution in [2.24, 2.45) is 11.3 Å². The van der Waals surface area contributed by atoms with Crippen LogP contribution in [0.4, 0.5) is 5.82 Å². The Bertz CT molecular complexity index is 1260. The van der Waals surface area contributed by atoms with Crippen molar-refractivity contribution in [1.82, 2.24) is 19.5 Å². The highest BCUT2D eigenvalue weighted by Gasteiger charge is 2.74. The van der Waals surface area contributed by atoms with Crippen molar-refractivity contribution in [3.05, 3.63) is 33.5 Å². The number of rotatable bonds is 4. The van der Waals surface area contributed by atoms with Gasteiger partial charge < -0.3 is 20.1 Å². The fourth-order valence-corrected chi connectivity index (χ4v) is 5.73. The zero-order valence-electron chi connectivity index (χ0n) is 16.8. The number of Topliss-reactive ketones (excluding diaryl/α,β-unsaturated/α-hetero) is 1. The SMILES string of the molecule is CCC(=O)[C@@]12C[C@@H]1[C@@H](n1cnc3c(NC)nc(C#Cc4ccc(Cl)s4)nc31)[C@@H](O)C2O. The summed E-state index contributed by atoms with van der Waals surface area (Å²) in [5.74, 6) is 6.61. The van der Waals surface area contributed by atoms with E-state index in [0.717, 1.165) is 4.88 Å². The second kappa shape index (κ2) is 7.28. The minimum Gasteiger partial charge on any atom is -0.389 e. The van der Waals surface area contributed by atoms with E-state index in [2.05, 4.69) is 32.1 Å². The lowest BCUT2D eigenvalue weighted by Gasteiger charge is -2.23. The lowest BCUT2D eigenvalue weighted by atomic mass is 9.92. The molecule has 0 saturated heterocycles. The summed E-state index contributed by atoms with van der Waals surface area (Å²) in [6.45, 7) is 1.78. The zero-order valence-corrected chi connectivity index (χ0v) is 18.4. The maximum Gasteiger partial charge on any atom is 0.209 e. The number of carbonyl (C=O) groups is 1. The molecule has 3 aromatic rings. The first-order valence-corrected chi connectivity index (χ1v) is 11.2. The molecule has 5 rings (SSSR count). The van der Waals surface area contributed by atoms with Gasteiger partial charge in [0.05, 0.1) is 33.1 Å². The van der Waals surface area contributed by atoms with Gasteiger partial charge >= 0.3 is 0 Å². The van der Waals surface area contributed by atoms with Crippen LogP contribution >= 0.6 is 22.9 Å². The molecular weight excluding hydrogens is 438 g/mol. The van der Waals surface area contributed by atoms with E-state index in [1.54, 1.807) is 30.9 Å². The van der Waals surface area contributed by atoms with Crippen molar-refractivity contribution in [3.63, 3.8) is 0 Å². The minimum absolute atomic E-state index is 0.0114. The van der Waals surface area contributed by atoms with E-state index in [1.165, 1.54) is 11.3 Å². The number of carbonyl (C=O) groups excluding carboxylic acids is 1. The molecule has 2 aliphatic rings. The van der Waals surface area contributed by atoms with Crippen molar-refractivity contribution in [3.8, 4) is 11.8 Å². The molecule has 160 valence electrons. The molecule has 0 bridgehead atoms. The topological polar surface area (TPSA) is 113 Å². The third-order valence-corrected chi connectivity index (χ3v) is 7.51. The maximum absolute atomic E-state index is 12.5. The molecule has 1 unspecified atom stereocenters. The predicted octanol–water partition coefficient (Wildman–Crippen LogP) is 2.24. The van der Waals surface area contributed by atoms with Crippen LogP contribution in [0.2, 0.25) is 4.34 Å². The molecule has 31 heavy (non-hydrogen) atoms. The predicted molar refractivity (Wildman–Crippen MR) is 117 cm³/mol. The van der Waals surface area contributed by atoms with E-state index in [0.29, 0.717) is 40.0 Å². The van der Waals surface area contributed by atoms with E-state index in [9.17, 15) is 15.0 Å². The van der Waals surface area contributed by atoms with Crippen LogP contribution < -0.4 is 5.32 Å². The number of hydrogen-bond donors (Lipinski definition) is 3. The van der Waals surface area contributed by atoms with Crippen LogP contribution in [0.5, 0.6) is 0 Å². The third kappa shape index (κ3) is 2.97. The van der Waals surface area contributed by atoms with Gasteiger partial charge in [-0.15, -0.1) is 11.3 Å². The van der Waals surface area contributed by atoms with Gasteiger partial charge in [0.25, 0.3) is 0 Å². The van der Waals surface area contributed by atoms with Crippen LogP contribution in [0, 0.1) is 23.2 Å². The molecular formula is C21H20ClN5O3S. The van der Waals surface area contributed by atoms with Crippen molar-refractivity contribution < 1.29 is 15.0 Å². The summed E-state index contributed by atoms with van der Waals surface area (Å²) in [6, 6.07) is 3.11. The normalized spacial score (nSPS) is 28.8. The molecule has 0 radical (unpaired) electrons. The van der Waals surface area contributed by atoms with Gasteiger partial charge in [-0.25, -0.2) is 15.0 Å². The standard InChI is InChI=1S/C21H20ClN5O3S/c1-3-12(28)21-8-11(21)16(17(29)18(21)30)27-9-24-15-19(23-2)25-14(26-20(15)27)7-5-10-4-6-13(22)31-10/h4,6,9,11,16-18,29-30H,3,8H2,1-2H3,(H,23,25,26)/t11-,16-,17-,18?,21-/m1/s1. The Hall–Kier alpha value is -2.51. The van der Waals surface area contributed by atoms with Gasteiger partial charge in [0, 0.05) is 13.5 Å². The van der Waals surface area contributed by atoms with Crippen LogP contribution in [0.15, 0.2) is 18.5 Å². The molecule has 3 aromatic heterocycles. The summed E-state index contributed by atoms with van der Waals surface area (Å²) >= 11 is 7.33. The molecule has 2 aliphatic carbocycles. The molecule has 3 N–H and O–H groups in total. The number of aromatic nitrogens is 4. The quantitative estimate of drug-likeness (QED) is 0.515. The lowest BCUT2D eigenvalue weighted by molar-refractivity contribution is -0.130. The van der Waals surface area contributed by atoms with Crippen LogP contribution in [-0.4, -0.2) is 54.8 Å². The number of nitrogens with one attached hydrogen (secondary N) is 1. The van der Waals surface area contributed by atoms with Gasteiger partial charge in [-0.2, -0.15) is 0 Å². The number of anilines is 1. The second-order valence-electron chi connectivity index (χ2n) is 7.88. The maximum atomic E-state index is 12.5. The van der Waals surface area contributed by atoms with E-state index in [1.807, 2.05) is 6.07 Å². The molecule has 0 spiro atoms. The van der Waals surface area contributed by atoms with Gasteiger partial charge in [-0.3, -0.25) is 4.79 Å². The zero-order chi connectivity index (χ0) is 21.9. The Morgan fingerprint density at radius 2 is 2.19 bits per heavy atom. The van der Waals surface area contributed by atoms with Crippen LogP contribution in [0.1, 0.15) is 36.5 Å². The van der Waals surface area contributed by atoms with Gasteiger partial charge in [-0.1, -0.05) is 18.5 Å². The molecule has 0 aliphatic heterocycles. The molecule has 10 heteroatoms. The van der Waals surface area contributed by atoms with E-state index in [-0.39, 0.29) is 11.7 Å².